The van der Waals surface area contributed by atoms with Crippen LogP contribution in [0.25, 0.3) is 0 Å². The van der Waals surface area contributed by atoms with E-state index in [4.69, 9.17) is 9.47 Å². The minimum Gasteiger partial charge on any atom is -0.497 e. The molecule has 0 radical (unpaired) electrons. The van der Waals surface area contributed by atoms with Crippen LogP contribution in [0.4, 0.5) is 0 Å². The lowest BCUT2D eigenvalue weighted by Gasteiger charge is -2.13. The summed E-state index contributed by atoms with van der Waals surface area (Å²) in [6.07, 6.45) is 0.945. The second-order valence-corrected chi connectivity index (χ2v) is 4.55. The van der Waals surface area contributed by atoms with E-state index < -0.39 is 6.04 Å². The van der Waals surface area contributed by atoms with Gasteiger partial charge >= 0.3 is 0 Å². The van der Waals surface area contributed by atoms with Crippen molar-refractivity contribution in [1.29, 1.82) is 0 Å². The second kappa shape index (κ2) is 6.27. The van der Waals surface area contributed by atoms with Crippen LogP contribution < -0.4 is 20.1 Å². The van der Waals surface area contributed by atoms with Gasteiger partial charge in [0.1, 0.15) is 17.5 Å². The molecule has 0 unspecified atom stereocenters. The van der Waals surface area contributed by atoms with Gasteiger partial charge in [0.15, 0.2) is 0 Å². The molecule has 1 aliphatic heterocycles. The number of nitrogens with one attached hydrogen (secondary N) is 2. The van der Waals surface area contributed by atoms with E-state index in [9.17, 15) is 9.59 Å². The summed E-state index contributed by atoms with van der Waals surface area (Å²) >= 11 is 0. The molecule has 6 heteroatoms. The molecule has 2 N–H and O–H groups in total. The first-order valence-electron chi connectivity index (χ1n) is 6.42. The molecule has 1 saturated heterocycles. The first kappa shape index (κ1) is 14.2. The Balaban J connectivity index is 1.99. The van der Waals surface area contributed by atoms with Crippen LogP contribution in [0.2, 0.25) is 0 Å². The molecule has 1 fully saturated rings. The molecular formula is C14H18N2O4. The number of ether oxygens (including phenoxy) is 2. The van der Waals surface area contributed by atoms with Crippen LogP contribution in [0, 0.1) is 0 Å². The molecule has 2 amide bonds. The first-order valence-corrected chi connectivity index (χ1v) is 6.42. The third kappa shape index (κ3) is 3.20. The van der Waals surface area contributed by atoms with Gasteiger partial charge in [-0.1, -0.05) is 0 Å². The predicted octanol–water partition coefficient (Wildman–Crippen LogP) is 0.599. The highest BCUT2D eigenvalue weighted by atomic mass is 16.5. The van der Waals surface area contributed by atoms with E-state index in [-0.39, 0.29) is 11.8 Å². The van der Waals surface area contributed by atoms with Gasteiger partial charge in [0.05, 0.1) is 14.2 Å². The summed E-state index contributed by atoms with van der Waals surface area (Å²) < 4.78 is 10.4. The summed E-state index contributed by atoms with van der Waals surface area (Å²) in [6, 6.07) is 4.96. The normalized spacial score (nSPS) is 17.5. The van der Waals surface area contributed by atoms with E-state index in [1.54, 1.807) is 26.4 Å². The third-order valence-corrected chi connectivity index (χ3v) is 3.25. The van der Waals surface area contributed by atoms with Crippen molar-refractivity contribution in [3.05, 3.63) is 23.8 Å². The smallest absolute Gasteiger partial charge is 0.242 e. The summed E-state index contributed by atoms with van der Waals surface area (Å²) in [5.41, 5.74) is 0.824. The van der Waals surface area contributed by atoms with E-state index in [1.165, 1.54) is 0 Å². The number of methoxy groups -OCH3 is 2. The van der Waals surface area contributed by atoms with Gasteiger partial charge in [-0.05, 0) is 24.6 Å². The highest BCUT2D eigenvalue weighted by Crippen LogP contribution is 2.23. The second-order valence-electron chi connectivity index (χ2n) is 4.55. The fourth-order valence-electron chi connectivity index (χ4n) is 2.14. The van der Waals surface area contributed by atoms with Crippen LogP contribution in [-0.2, 0) is 16.1 Å². The Labute approximate surface area is 117 Å². The Hall–Kier alpha value is -2.24. The van der Waals surface area contributed by atoms with Crippen molar-refractivity contribution >= 4 is 11.8 Å². The van der Waals surface area contributed by atoms with Crippen molar-refractivity contribution in [1.82, 2.24) is 10.6 Å². The molecule has 1 atom stereocenters. The highest BCUT2D eigenvalue weighted by molar-refractivity contribution is 5.90. The largest absolute Gasteiger partial charge is 0.497 e. The van der Waals surface area contributed by atoms with Gasteiger partial charge in [0.2, 0.25) is 11.8 Å². The minimum absolute atomic E-state index is 0.0795. The lowest BCUT2D eigenvalue weighted by molar-refractivity contribution is -0.125. The van der Waals surface area contributed by atoms with Crippen molar-refractivity contribution in [3.8, 4) is 11.5 Å². The van der Waals surface area contributed by atoms with E-state index in [1.807, 2.05) is 6.07 Å². The van der Waals surface area contributed by atoms with Crippen molar-refractivity contribution in [2.45, 2.75) is 25.4 Å². The standard InChI is InChI=1S/C14H18N2O4/c1-19-10-3-5-12(20-2)9(7-10)8-15-14(18)11-4-6-13(17)16-11/h3,5,7,11H,4,6,8H2,1-2H3,(H,15,18)(H,16,17)/t11-/m0/s1. The van der Waals surface area contributed by atoms with E-state index >= 15 is 0 Å². The molecule has 0 spiro atoms. The zero-order chi connectivity index (χ0) is 14.5. The number of carbonyl (C=O) groups excluding carboxylic acids is 2. The molecule has 1 aliphatic rings. The van der Waals surface area contributed by atoms with Crippen LogP contribution in [-0.4, -0.2) is 32.1 Å². The summed E-state index contributed by atoms with van der Waals surface area (Å²) in [4.78, 5) is 23.0. The average Bonchev–Trinajstić information content (AvgIpc) is 2.91. The fraction of sp³-hybridized carbons (Fsp3) is 0.429. The van der Waals surface area contributed by atoms with Gasteiger partial charge < -0.3 is 20.1 Å². The molecule has 1 aromatic carbocycles. The van der Waals surface area contributed by atoms with Crippen LogP contribution in [0.5, 0.6) is 11.5 Å². The molecule has 2 rings (SSSR count). The fourth-order valence-corrected chi connectivity index (χ4v) is 2.14. The van der Waals surface area contributed by atoms with Gasteiger partial charge in [-0.25, -0.2) is 0 Å². The van der Waals surface area contributed by atoms with Crippen molar-refractivity contribution in [2.24, 2.45) is 0 Å². The molecule has 20 heavy (non-hydrogen) atoms. The number of hydrogen-bond acceptors (Lipinski definition) is 4. The number of amides is 2. The number of hydrogen-bond donors (Lipinski definition) is 2. The molecule has 0 saturated carbocycles. The van der Waals surface area contributed by atoms with Crippen LogP contribution in [0.3, 0.4) is 0 Å². The van der Waals surface area contributed by atoms with Crippen LogP contribution in [0.15, 0.2) is 18.2 Å². The molecule has 6 nitrogen and oxygen atoms in total. The molecule has 0 aromatic heterocycles. The maximum absolute atomic E-state index is 11.9. The Bertz CT molecular complexity index is 516. The first-order chi connectivity index (χ1) is 9.63. The minimum atomic E-state index is -0.431. The van der Waals surface area contributed by atoms with Gasteiger partial charge in [0.25, 0.3) is 0 Å². The Kier molecular flexibility index (Phi) is 4.45. The molecule has 108 valence electrons. The predicted molar refractivity (Wildman–Crippen MR) is 72.6 cm³/mol. The third-order valence-electron chi connectivity index (χ3n) is 3.25. The van der Waals surface area contributed by atoms with Gasteiger partial charge in [0, 0.05) is 18.5 Å². The van der Waals surface area contributed by atoms with Crippen LogP contribution in [0.1, 0.15) is 18.4 Å². The summed E-state index contributed by atoms with van der Waals surface area (Å²) in [6.45, 7) is 0.325. The number of carbonyl (C=O) groups is 2. The maximum atomic E-state index is 11.9. The number of benzene rings is 1. The van der Waals surface area contributed by atoms with Gasteiger partial charge in [-0.2, -0.15) is 0 Å². The molecule has 1 aromatic rings. The Morgan fingerprint density at radius 2 is 2.20 bits per heavy atom. The molecule has 0 aliphatic carbocycles. The Morgan fingerprint density at radius 1 is 1.40 bits per heavy atom. The SMILES string of the molecule is COc1ccc(OC)c(CNC(=O)[C@@H]2CCC(=O)N2)c1. The van der Waals surface area contributed by atoms with E-state index in [2.05, 4.69) is 10.6 Å². The van der Waals surface area contributed by atoms with Gasteiger partial charge in [-0.3, -0.25) is 9.59 Å². The summed E-state index contributed by atoms with van der Waals surface area (Å²) in [7, 11) is 3.16. The lowest BCUT2D eigenvalue weighted by atomic mass is 10.1. The number of rotatable bonds is 5. The monoisotopic (exact) mass is 278 g/mol. The highest BCUT2D eigenvalue weighted by Gasteiger charge is 2.26. The van der Waals surface area contributed by atoms with Crippen molar-refractivity contribution in [2.75, 3.05) is 14.2 Å². The molecular weight excluding hydrogens is 260 g/mol. The topological polar surface area (TPSA) is 76.7 Å². The quantitative estimate of drug-likeness (QED) is 0.827. The van der Waals surface area contributed by atoms with Gasteiger partial charge in [-0.15, -0.1) is 0 Å². The van der Waals surface area contributed by atoms with Crippen molar-refractivity contribution < 1.29 is 19.1 Å². The van der Waals surface area contributed by atoms with Crippen LogP contribution >= 0.6 is 0 Å². The average molecular weight is 278 g/mol. The molecule has 1 heterocycles. The van der Waals surface area contributed by atoms with E-state index in [0.29, 0.717) is 30.9 Å². The lowest BCUT2D eigenvalue weighted by Crippen LogP contribution is -2.41. The van der Waals surface area contributed by atoms with E-state index in [0.717, 1.165) is 5.56 Å². The van der Waals surface area contributed by atoms with Crippen molar-refractivity contribution in [3.63, 3.8) is 0 Å². The summed E-state index contributed by atoms with van der Waals surface area (Å²) in [5, 5.41) is 5.43. The summed E-state index contributed by atoms with van der Waals surface area (Å²) in [5.74, 6) is 1.12. The molecule has 0 bridgehead atoms. The zero-order valence-corrected chi connectivity index (χ0v) is 11.6. The Morgan fingerprint density at radius 3 is 2.80 bits per heavy atom. The maximum Gasteiger partial charge on any atom is 0.242 e. The zero-order valence-electron chi connectivity index (χ0n) is 11.6.